The van der Waals surface area contributed by atoms with E-state index in [1.165, 1.54) is 0 Å². The van der Waals surface area contributed by atoms with E-state index in [0.717, 1.165) is 0 Å². The molecule has 9 N–H and O–H groups in total. The highest BCUT2D eigenvalue weighted by molar-refractivity contribution is 7.80. The highest BCUT2D eigenvalue weighted by Gasteiger charge is 2.30. The average Bonchev–Trinajstić information content (AvgIpc) is 2.70. The highest BCUT2D eigenvalue weighted by atomic mass is 32.1. The summed E-state index contributed by atoms with van der Waals surface area (Å²) in [5.74, 6) is -6.16. The molecule has 4 amide bonds. The maximum Gasteiger partial charge on any atom is 0.326 e. The zero-order chi connectivity index (χ0) is 24.1. The molecule has 176 valence electrons. The standard InChI is InChI=1S/C16H27N5O8S2/c17-7(5-30)13(25)21-10(6-31)15(27)19-8(2-4-12(23)24)14(26)20-9(16(28)29)1-3-11(18)22/h7-10,30-31H,1-6,17H2,(H2,18,22)(H,19,27)(H,20,26)(H,21,25)(H,23,24)(H,28,29). The van der Waals surface area contributed by atoms with Crippen LogP contribution < -0.4 is 27.4 Å². The van der Waals surface area contributed by atoms with Gasteiger partial charge < -0.3 is 37.6 Å². The zero-order valence-electron chi connectivity index (χ0n) is 16.4. The van der Waals surface area contributed by atoms with Crippen LogP contribution in [-0.4, -0.2) is 81.5 Å². The van der Waals surface area contributed by atoms with Gasteiger partial charge in [-0.05, 0) is 12.8 Å². The number of hydrogen-bond donors (Lipinski definition) is 9. The second-order valence-electron chi connectivity index (χ2n) is 6.43. The van der Waals surface area contributed by atoms with Gasteiger partial charge in [0.2, 0.25) is 23.6 Å². The zero-order valence-corrected chi connectivity index (χ0v) is 18.2. The van der Waals surface area contributed by atoms with Crippen LogP contribution in [0.1, 0.15) is 25.7 Å². The van der Waals surface area contributed by atoms with Gasteiger partial charge in [0.1, 0.15) is 18.1 Å². The quantitative estimate of drug-likeness (QED) is 0.107. The van der Waals surface area contributed by atoms with Crippen molar-refractivity contribution in [3.8, 4) is 0 Å². The van der Waals surface area contributed by atoms with Crippen LogP contribution in [0.3, 0.4) is 0 Å². The Bertz CT molecular complexity index is 693. The van der Waals surface area contributed by atoms with Gasteiger partial charge in [-0.25, -0.2) is 4.79 Å². The van der Waals surface area contributed by atoms with Crippen LogP contribution >= 0.6 is 25.3 Å². The lowest BCUT2D eigenvalue weighted by Crippen LogP contribution is -2.57. The first-order valence-corrected chi connectivity index (χ1v) is 10.3. The number of aliphatic carboxylic acids is 2. The normalized spacial score (nSPS) is 14.4. The van der Waals surface area contributed by atoms with E-state index in [2.05, 4.69) is 41.2 Å². The molecule has 0 aromatic heterocycles. The fourth-order valence-corrected chi connectivity index (χ4v) is 2.60. The molecule has 0 aliphatic rings. The van der Waals surface area contributed by atoms with Gasteiger partial charge in [0.05, 0.1) is 6.04 Å². The van der Waals surface area contributed by atoms with E-state index < -0.39 is 66.2 Å². The van der Waals surface area contributed by atoms with Gasteiger partial charge in [-0.1, -0.05) is 0 Å². The van der Waals surface area contributed by atoms with Crippen LogP contribution in [0.4, 0.5) is 0 Å². The first-order valence-electron chi connectivity index (χ1n) is 9.04. The Hall–Kier alpha value is -2.52. The molecule has 0 saturated carbocycles. The molecule has 0 fully saturated rings. The number of carbonyl (C=O) groups excluding carboxylic acids is 4. The Balaban J connectivity index is 5.33. The SMILES string of the molecule is NC(=O)CCC(NC(=O)C(CCC(=O)O)NC(=O)C(CS)NC(=O)C(N)CS)C(=O)O. The molecule has 0 aromatic rings. The van der Waals surface area contributed by atoms with Crippen LogP contribution in [-0.2, 0) is 28.8 Å². The first-order chi connectivity index (χ1) is 14.4. The lowest BCUT2D eigenvalue weighted by molar-refractivity contribution is -0.143. The number of nitrogens with two attached hydrogens (primary N) is 2. The number of carbonyl (C=O) groups is 6. The number of nitrogens with one attached hydrogen (secondary N) is 3. The third-order valence-electron chi connectivity index (χ3n) is 3.92. The summed E-state index contributed by atoms with van der Waals surface area (Å²) in [4.78, 5) is 69.9. The molecule has 0 saturated heterocycles. The third kappa shape index (κ3) is 11.4. The summed E-state index contributed by atoms with van der Waals surface area (Å²) < 4.78 is 0. The Kier molecular flexibility index (Phi) is 13.3. The van der Waals surface area contributed by atoms with Crippen molar-refractivity contribution in [3.63, 3.8) is 0 Å². The minimum absolute atomic E-state index is 0.0122. The van der Waals surface area contributed by atoms with Crippen molar-refractivity contribution in [3.05, 3.63) is 0 Å². The van der Waals surface area contributed by atoms with Crippen molar-refractivity contribution in [2.75, 3.05) is 11.5 Å². The smallest absolute Gasteiger partial charge is 0.326 e. The fourth-order valence-electron chi connectivity index (χ4n) is 2.18. The van der Waals surface area contributed by atoms with Crippen LogP contribution in [0, 0.1) is 0 Å². The Morgan fingerprint density at radius 3 is 1.68 bits per heavy atom. The lowest BCUT2D eigenvalue weighted by Gasteiger charge is -2.24. The molecular formula is C16H27N5O8S2. The van der Waals surface area contributed by atoms with Gasteiger partial charge in [0.25, 0.3) is 0 Å². The molecule has 4 unspecified atom stereocenters. The molecule has 0 aromatic carbocycles. The molecule has 0 aliphatic carbocycles. The Morgan fingerprint density at radius 2 is 1.23 bits per heavy atom. The van der Waals surface area contributed by atoms with Gasteiger partial charge >= 0.3 is 11.9 Å². The van der Waals surface area contributed by atoms with E-state index in [1.807, 2.05) is 0 Å². The Morgan fingerprint density at radius 1 is 0.742 bits per heavy atom. The van der Waals surface area contributed by atoms with E-state index >= 15 is 0 Å². The predicted octanol–water partition coefficient (Wildman–Crippen LogP) is -3.16. The molecule has 0 heterocycles. The topological polar surface area (TPSA) is 231 Å². The summed E-state index contributed by atoms with van der Waals surface area (Å²) in [6.07, 6.45) is -1.49. The van der Waals surface area contributed by atoms with Crippen molar-refractivity contribution in [1.29, 1.82) is 0 Å². The van der Waals surface area contributed by atoms with Crippen LogP contribution in [0.5, 0.6) is 0 Å². The number of amides is 4. The second kappa shape index (κ2) is 14.5. The molecule has 0 rings (SSSR count). The third-order valence-corrected chi connectivity index (χ3v) is 4.68. The molecular weight excluding hydrogens is 454 g/mol. The van der Waals surface area contributed by atoms with E-state index in [9.17, 15) is 33.9 Å². The summed E-state index contributed by atoms with van der Waals surface area (Å²) in [6, 6.07) is -5.12. The van der Waals surface area contributed by atoms with E-state index in [0.29, 0.717) is 0 Å². The van der Waals surface area contributed by atoms with Crippen molar-refractivity contribution < 1.29 is 39.0 Å². The number of rotatable bonds is 15. The van der Waals surface area contributed by atoms with Crippen molar-refractivity contribution in [2.45, 2.75) is 49.9 Å². The van der Waals surface area contributed by atoms with Gasteiger partial charge in [-0.2, -0.15) is 25.3 Å². The van der Waals surface area contributed by atoms with Crippen LogP contribution in [0.15, 0.2) is 0 Å². The van der Waals surface area contributed by atoms with Gasteiger partial charge in [0, 0.05) is 24.3 Å². The predicted molar refractivity (Wildman–Crippen MR) is 114 cm³/mol. The summed E-state index contributed by atoms with van der Waals surface area (Å²) in [6.45, 7) is 0. The molecule has 4 atom stereocenters. The number of primary amides is 1. The molecule has 15 heteroatoms. The van der Waals surface area contributed by atoms with Crippen LogP contribution in [0.25, 0.3) is 0 Å². The maximum absolute atomic E-state index is 12.5. The number of carboxylic acid groups (broad SMARTS) is 2. The van der Waals surface area contributed by atoms with Gasteiger partial charge in [-0.3, -0.25) is 24.0 Å². The highest BCUT2D eigenvalue weighted by Crippen LogP contribution is 2.04. The number of hydrogen-bond acceptors (Lipinski definition) is 9. The molecule has 0 aliphatic heterocycles. The molecule has 0 spiro atoms. The molecule has 0 bridgehead atoms. The summed E-state index contributed by atoms with van der Waals surface area (Å²) in [5.41, 5.74) is 10.5. The van der Waals surface area contributed by atoms with E-state index in [4.69, 9.17) is 16.6 Å². The second-order valence-corrected chi connectivity index (χ2v) is 7.16. The van der Waals surface area contributed by atoms with Crippen molar-refractivity contribution in [1.82, 2.24) is 16.0 Å². The first kappa shape index (κ1) is 28.5. The minimum atomic E-state index is -1.49. The Labute approximate surface area is 188 Å². The average molecular weight is 482 g/mol. The summed E-state index contributed by atoms with van der Waals surface area (Å²) >= 11 is 7.84. The number of thiol groups is 2. The monoisotopic (exact) mass is 481 g/mol. The maximum atomic E-state index is 12.5. The van der Waals surface area contributed by atoms with Crippen LogP contribution in [0.2, 0.25) is 0 Å². The minimum Gasteiger partial charge on any atom is -0.481 e. The van der Waals surface area contributed by atoms with Gasteiger partial charge in [0.15, 0.2) is 0 Å². The summed E-state index contributed by atoms with van der Waals surface area (Å²) in [7, 11) is 0. The largest absolute Gasteiger partial charge is 0.481 e. The van der Waals surface area contributed by atoms with Gasteiger partial charge in [-0.15, -0.1) is 0 Å². The van der Waals surface area contributed by atoms with E-state index in [1.54, 1.807) is 0 Å². The molecule has 0 radical (unpaired) electrons. The molecule has 13 nitrogen and oxygen atoms in total. The van der Waals surface area contributed by atoms with Crippen molar-refractivity contribution >= 4 is 60.8 Å². The summed E-state index contributed by atoms with van der Waals surface area (Å²) in [5, 5.41) is 24.8. The molecule has 31 heavy (non-hydrogen) atoms. The fraction of sp³-hybridized carbons (Fsp3) is 0.625. The van der Waals surface area contributed by atoms with E-state index in [-0.39, 0.29) is 30.8 Å². The van der Waals surface area contributed by atoms with Crippen molar-refractivity contribution in [2.24, 2.45) is 11.5 Å². The lowest BCUT2D eigenvalue weighted by atomic mass is 10.1. The number of carboxylic acids is 2.